The van der Waals surface area contributed by atoms with E-state index in [1.807, 2.05) is 12.1 Å². The third kappa shape index (κ3) is 5.78. The van der Waals surface area contributed by atoms with E-state index in [1.165, 1.54) is 11.1 Å². The van der Waals surface area contributed by atoms with Gasteiger partial charge in [-0.15, -0.1) is 0 Å². The number of rotatable bonds is 8. The first-order chi connectivity index (χ1) is 8.63. The van der Waals surface area contributed by atoms with Crippen LogP contribution in [0.2, 0.25) is 0 Å². The van der Waals surface area contributed by atoms with Gasteiger partial charge < -0.3 is 5.32 Å². The Balaban J connectivity index is 2.28. The minimum absolute atomic E-state index is 0.533. The van der Waals surface area contributed by atoms with Gasteiger partial charge in [0, 0.05) is 28.3 Å². The van der Waals surface area contributed by atoms with Crippen molar-refractivity contribution in [3.63, 3.8) is 0 Å². The first-order valence-electron chi connectivity index (χ1n) is 6.76. The minimum Gasteiger partial charge on any atom is -0.315 e. The Hall–Kier alpha value is -0.670. The smallest absolute Gasteiger partial charge is 0.0488 e. The van der Waals surface area contributed by atoms with Crippen LogP contribution in [-0.4, -0.2) is 22.5 Å². The fourth-order valence-corrected chi connectivity index (χ4v) is 3.32. The molecule has 0 saturated carbocycles. The topological polar surface area (TPSA) is 29.1 Å². The summed E-state index contributed by atoms with van der Waals surface area (Å²) in [5, 5.41) is 3.38. The molecule has 2 unspecified atom stereocenters. The van der Waals surface area contributed by atoms with Gasteiger partial charge in [-0.2, -0.15) is 0 Å². The molecule has 1 N–H and O–H groups in total. The van der Waals surface area contributed by atoms with Crippen LogP contribution < -0.4 is 5.32 Å². The molecule has 0 aliphatic heterocycles. The van der Waals surface area contributed by atoms with E-state index in [-0.39, 0.29) is 0 Å². The third-order valence-corrected chi connectivity index (χ3v) is 4.52. The van der Waals surface area contributed by atoms with Crippen LogP contribution in [0.5, 0.6) is 0 Å². The molecular formula is C15H25NOS. The summed E-state index contributed by atoms with van der Waals surface area (Å²) in [7, 11) is -0.729. The van der Waals surface area contributed by atoms with E-state index in [2.05, 4.69) is 38.2 Å². The lowest BCUT2D eigenvalue weighted by molar-refractivity contribution is 0.525. The van der Waals surface area contributed by atoms with Crippen molar-refractivity contribution in [2.24, 2.45) is 0 Å². The van der Waals surface area contributed by atoms with E-state index in [1.54, 1.807) is 0 Å². The van der Waals surface area contributed by atoms with E-state index >= 15 is 0 Å². The van der Waals surface area contributed by atoms with Crippen LogP contribution >= 0.6 is 0 Å². The summed E-state index contributed by atoms with van der Waals surface area (Å²) in [6, 6.07) is 8.74. The van der Waals surface area contributed by atoms with Crippen molar-refractivity contribution < 1.29 is 4.21 Å². The molecule has 0 heterocycles. The zero-order valence-electron chi connectivity index (χ0n) is 11.7. The second-order valence-electron chi connectivity index (χ2n) is 4.82. The maximum atomic E-state index is 12.0. The van der Waals surface area contributed by atoms with Crippen molar-refractivity contribution >= 4 is 10.8 Å². The summed E-state index contributed by atoms with van der Waals surface area (Å²) in [5.74, 6) is 1.51. The number of nitrogens with one attached hydrogen (secondary N) is 1. The maximum absolute atomic E-state index is 12.0. The number of aryl methyl sites for hydroxylation is 1. The van der Waals surface area contributed by atoms with Crippen LogP contribution in [0.4, 0.5) is 0 Å². The molecule has 18 heavy (non-hydrogen) atoms. The minimum atomic E-state index is -0.729. The van der Waals surface area contributed by atoms with Gasteiger partial charge in [-0.3, -0.25) is 4.21 Å². The second-order valence-corrected chi connectivity index (χ2v) is 6.39. The quantitative estimate of drug-likeness (QED) is 0.784. The summed E-state index contributed by atoms with van der Waals surface area (Å²) >= 11 is 0. The molecule has 0 aliphatic carbocycles. The van der Waals surface area contributed by atoms with E-state index in [9.17, 15) is 4.21 Å². The van der Waals surface area contributed by atoms with Gasteiger partial charge in [-0.1, -0.05) is 31.2 Å². The summed E-state index contributed by atoms with van der Waals surface area (Å²) in [4.78, 5) is 0. The molecular weight excluding hydrogens is 242 g/mol. The van der Waals surface area contributed by atoms with E-state index in [0.717, 1.165) is 25.1 Å². The van der Waals surface area contributed by atoms with Crippen LogP contribution in [0.25, 0.3) is 0 Å². The Morgan fingerprint density at radius 2 is 2.06 bits per heavy atom. The van der Waals surface area contributed by atoms with Gasteiger partial charge in [0.05, 0.1) is 0 Å². The molecule has 102 valence electrons. The molecule has 0 aromatic heterocycles. The monoisotopic (exact) mass is 267 g/mol. The zero-order valence-corrected chi connectivity index (χ0v) is 12.6. The second kappa shape index (κ2) is 8.44. The predicted octanol–water partition coefficient (Wildman–Crippen LogP) is 3.02. The molecule has 3 heteroatoms. The van der Waals surface area contributed by atoms with Crippen LogP contribution in [0.3, 0.4) is 0 Å². The Labute approximate surface area is 114 Å². The summed E-state index contributed by atoms with van der Waals surface area (Å²) in [6.45, 7) is 7.40. The molecule has 0 aliphatic rings. The highest BCUT2D eigenvalue weighted by Crippen LogP contribution is 2.10. The molecule has 1 rings (SSSR count). The van der Waals surface area contributed by atoms with Gasteiger partial charge in [0.15, 0.2) is 0 Å². The van der Waals surface area contributed by atoms with E-state index < -0.39 is 10.8 Å². The van der Waals surface area contributed by atoms with Crippen molar-refractivity contribution in [1.82, 2.24) is 5.32 Å². The van der Waals surface area contributed by atoms with Gasteiger partial charge in [0.1, 0.15) is 0 Å². The van der Waals surface area contributed by atoms with E-state index in [0.29, 0.717) is 11.8 Å². The predicted molar refractivity (Wildman–Crippen MR) is 80.3 cm³/mol. The Morgan fingerprint density at radius 1 is 1.33 bits per heavy atom. The summed E-state index contributed by atoms with van der Waals surface area (Å²) in [6.07, 6.45) is 2.14. The van der Waals surface area contributed by atoms with Crippen LogP contribution in [0, 0.1) is 6.92 Å². The number of hydrogen-bond acceptors (Lipinski definition) is 2. The molecule has 1 aromatic rings. The van der Waals surface area contributed by atoms with Gasteiger partial charge in [0.2, 0.25) is 0 Å². The SMILES string of the molecule is CCNC(C)CCCS(=O)Cc1ccccc1C. The van der Waals surface area contributed by atoms with E-state index in [4.69, 9.17) is 0 Å². The molecule has 2 nitrogen and oxygen atoms in total. The van der Waals surface area contributed by atoms with Crippen molar-refractivity contribution in [2.75, 3.05) is 12.3 Å². The standard InChI is InChI=1S/C15H25NOS/c1-4-16-14(3)9-7-11-18(17)12-15-10-6-5-8-13(15)2/h5-6,8,10,14,16H,4,7,9,11-12H2,1-3H3. The average Bonchev–Trinajstić information content (AvgIpc) is 2.32. The molecule has 2 atom stereocenters. The van der Waals surface area contributed by atoms with Crippen molar-refractivity contribution in [3.8, 4) is 0 Å². The summed E-state index contributed by atoms with van der Waals surface area (Å²) < 4.78 is 12.0. The lowest BCUT2D eigenvalue weighted by Gasteiger charge is -2.11. The zero-order chi connectivity index (χ0) is 13.4. The third-order valence-electron chi connectivity index (χ3n) is 3.14. The van der Waals surface area contributed by atoms with Gasteiger partial charge in [-0.25, -0.2) is 0 Å². The maximum Gasteiger partial charge on any atom is 0.0488 e. The fraction of sp³-hybridized carbons (Fsp3) is 0.600. The molecule has 0 amide bonds. The lowest BCUT2D eigenvalue weighted by atomic mass is 10.1. The highest BCUT2D eigenvalue weighted by atomic mass is 32.2. The molecule has 0 radical (unpaired) electrons. The van der Waals surface area contributed by atoms with Crippen molar-refractivity contribution in [2.45, 2.75) is 45.4 Å². The fourth-order valence-electron chi connectivity index (χ4n) is 2.02. The molecule has 0 spiro atoms. The number of benzene rings is 1. The molecule has 0 saturated heterocycles. The van der Waals surface area contributed by atoms with Crippen LogP contribution in [0.15, 0.2) is 24.3 Å². The van der Waals surface area contributed by atoms with Crippen LogP contribution in [0.1, 0.15) is 37.8 Å². The lowest BCUT2D eigenvalue weighted by Crippen LogP contribution is -2.25. The highest BCUT2D eigenvalue weighted by molar-refractivity contribution is 7.84. The molecule has 0 bridgehead atoms. The first-order valence-corrected chi connectivity index (χ1v) is 8.25. The molecule has 0 fully saturated rings. The highest BCUT2D eigenvalue weighted by Gasteiger charge is 2.05. The van der Waals surface area contributed by atoms with Gasteiger partial charge >= 0.3 is 0 Å². The van der Waals surface area contributed by atoms with Crippen molar-refractivity contribution in [3.05, 3.63) is 35.4 Å². The Bertz CT molecular complexity index is 379. The normalized spacial score (nSPS) is 14.4. The van der Waals surface area contributed by atoms with Gasteiger partial charge in [-0.05, 0) is 44.4 Å². The van der Waals surface area contributed by atoms with Crippen molar-refractivity contribution in [1.29, 1.82) is 0 Å². The Kier molecular flexibility index (Phi) is 7.21. The Morgan fingerprint density at radius 3 is 2.72 bits per heavy atom. The van der Waals surface area contributed by atoms with Crippen LogP contribution in [-0.2, 0) is 16.6 Å². The number of hydrogen-bond donors (Lipinski definition) is 1. The largest absolute Gasteiger partial charge is 0.315 e. The van der Waals surface area contributed by atoms with Gasteiger partial charge in [0.25, 0.3) is 0 Å². The average molecular weight is 267 g/mol. The first kappa shape index (κ1) is 15.4. The molecule has 1 aromatic carbocycles. The summed E-state index contributed by atoms with van der Waals surface area (Å²) in [5.41, 5.74) is 2.46.